The zero-order chi connectivity index (χ0) is 38.2. The van der Waals surface area contributed by atoms with E-state index < -0.39 is 0 Å². The molecule has 3 heterocycles. The van der Waals surface area contributed by atoms with Crippen molar-refractivity contribution in [3.63, 3.8) is 0 Å². The summed E-state index contributed by atoms with van der Waals surface area (Å²) in [5.74, 6) is 0. The average Bonchev–Trinajstić information content (AvgIpc) is 3.30. The van der Waals surface area contributed by atoms with Crippen LogP contribution in [0.2, 0.25) is 0 Å². The third-order valence-corrected chi connectivity index (χ3v) is 11.9. The average molecular weight is 736 g/mol. The minimum absolute atomic E-state index is 0.856. The topological polar surface area (TPSA) is 38.7 Å². The summed E-state index contributed by atoms with van der Waals surface area (Å²) >= 11 is 0. The lowest BCUT2D eigenvalue weighted by atomic mass is 9.86. The molecule has 3 heteroatoms. The van der Waals surface area contributed by atoms with Crippen LogP contribution in [0.25, 0.3) is 121 Å². The number of pyridine rings is 3. The molecule has 0 fully saturated rings. The Hall–Kier alpha value is -7.75. The monoisotopic (exact) mass is 735 g/mol. The van der Waals surface area contributed by atoms with Gasteiger partial charge in [0.15, 0.2) is 0 Å². The molecule has 0 saturated heterocycles. The maximum absolute atomic E-state index is 5.50. The molecule has 12 aromatic rings. The van der Waals surface area contributed by atoms with Gasteiger partial charge in [-0.1, -0.05) is 176 Å². The summed E-state index contributed by atoms with van der Waals surface area (Å²) in [7, 11) is 0. The fourth-order valence-corrected chi connectivity index (χ4v) is 9.12. The van der Waals surface area contributed by atoms with Gasteiger partial charge in [-0.3, -0.25) is 4.98 Å². The van der Waals surface area contributed by atoms with Gasteiger partial charge in [0.05, 0.1) is 27.9 Å². The van der Waals surface area contributed by atoms with Gasteiger partial charge >= 0.3 is 0 Å². The normalized spacial score (nSPS) is 11.8. The van der Waals surface area contributed by atoms with E-state index in [0.29, 0.717) is 0 Å². The molecule has 0 aliphatic rings. The van der Waals surface area contributed by atoms with E-state index in [1.54, 1.807) is 0 Å². The molecule has 0 bridgehead atoms. The van der Waals surface area contributed by atoms with Gasteiger partial charge in [-0.25, -0.2) is 9.97 Å². The first kappa shape index (κ1) is 32.5. The van der Waals surface area contributed by atoms with Crippen molar-refractivity contribution in [3.8, 4) is 44.8 Å². The van der Waals surface area contributed by atoms with Crippen molar-refractivity contribution in [2.45, 2.75) is 0 Å². The lowest BCUT2D eigenvalue weighted by Gasteiger charge is -2.18. The molecule has 0 aliphatic heterocycles. The van der Waals surface area contributed by atoms with Gasteiger partial charge in [-0.05, 0) is 78.2 Å². The predicted molar refractivity (Wildman–Crippen MR) is 244 cm³/mol. The highest BCUT2D eigenvalue weighted by Crippen LogP contribution is 2.44. The molecule has 0 N–H and O–H groups in total. The number of fused-ring (bicyclic) bond motifs is 10. The third kappa shape index (κ3) is 5.04. The molecule has 12 rings (SSSR count). The summed E-state index contributed by atoms with van der Waals surface area (Å²) in [6.45, 7) is 0. The fourth-order valence-electron chi connectivity index (χ4n) is 9.12. The molecular formula is C55H33N3. The Bertz CT molecular complexity index is 3550. The first-order valence-electron chi connectivity index (χ1n) is 19.8. The first-order valence-corrected chi connectivity index (χ1v) is 19.8. The number of aromatic nitrogens is 3. The Morgan fingerprint density at radius 3 is 1.52 bits per heavy atom. The second-order valence-electron chi connectivity index (χ2n) is 15.1. The van der Waals surface area contributed by atoms with Gasteiger partial charge in [0.2, 0.25) is 0 Å². The van der Waals surface area contributed by atoms with E-state index in [0.717, 1.165) is 66.0 Å². The molecule has 0 atom stereocenters. The maximum Gasteiger partial charge on any atom is 0.0986 e. The van der Waals surface area contributed by atoms with Gasteiger partial charge in [-0.15, -0.1) is 0 Å². The van der Waals surface area contributed by atoms with E-state index in [-0.39, 0.29) is 0 Å². The lowest BCUT2D eigenvalue weighted by Crippen LogP contribution is -1.94. The number of nitrogens with zero attached hydrogens (tertiary/aromatic N) is 3. The number of hydrogen-bond donors (Lipinski definition) is 0. The molecule has 58 heavy (non-hydrogen) atoms. The van der Waals surface area contributed by atoms with Crippen LogP contribution in [0.1, 0.15) is 0 Å². The lowest BCUT2D eigenvalue weighted by molar-refractivity contribution is 1.37. The zero-order valence-electron chi connectivity index (χ0n) is 31.4. The SMILES string of the molecule is c1ccc(-c2c3ccccc3c(-c3ccc(-c4nc5c(cnc6c5ccc5ccc(-c7ccc8ccccc8c7)nc56)c5ccccc45)cc3)c3ccccc23)cc1. The number of rotatable bonds is 4. The van der Waals surface area contributed by atoms with E-state index in [1.165, 1.54) is 54.6 Å². The van der Waals surface area contributed by atoms with Gasteiger partial charge in [-0.2, -0.15) is 0 Å². The summed E-state index contributed by atoms with van der Waals surface area (Å²) < 4.78 is 0. The van der Waals surface area contributed by atoms with Gasteiger partial charge in [0.25, 0.3) is 0 Å². The van der Waals surface area contributed by atoms with E-state index in [4.69, 9.17) is 15.0 Å². The molecular weight excluding hydrogens is 703 g/mol. The van der Waals surface area contributed by atoms with Crippen LogP contribution in [0.3, 0.4) is 0 Å². The highest BCUT2D eigenvalue weighted by Gasteiger charge is 2.18. The van der Waals surface area contributed by atoms with Gasteiger partial charge in [0.1, 0.15) is 0 Å². The molecule has 0 unspecified atom stereocenters. The second kappa shape index (κ2) is 12.9. The number of benzene rings is 9. The van der Waals surface area contributed by atoms with Crippen molar-refractivity contribution < 1.29 is 0 Å². The van der Waals surface area contributed by atoms with Crippen LogP contribution in [0.15, 0.2) is 200 Å². The predicted octanol–water partition coefficient (Wildman–Crippen LogP) is 14.6. The Morgan fingerprint density at radius 2 is 0.810 bits per heavy atom. The van der Waals surface area contributed by atoms with E-state index in [9.17, 15) is 0 Å². The summed E-state index contributed by atoms with van der Waals surface area (Å²) in [4.78, 5) is 15.8. The van der Waals surface area contributed by atoms with Crippen molar-refractivity contribution >= 4 is 75.8 Å². The van der Waals surface area contributed by atoms with Crippen LogP contribution < -0.4 is 0 Å². The molecule has 0 radical (unpaired) electrons. The van der Waals surface area contributed by atoms with Crippen molar-refractivity contribution in [1.82, 2.24) is 15.0 Å². The largest absolute Gasteiger partial charge is 0.253 e. The van der Waals surface area contributed by atoms with Crippen LogP contribution in [0.5, 0.6) is 0 Å². The second-order valence-corrected chi connectivity index (χ2v) is 15.1. The zero-order valence-corrected chi connectivity index (χ0v) is 31.4. The Balaban J connectivity index is 1.03. The molecule has 0 aliphatic carbocycles. The quantitative estimate of drug-likeness (QED) is 0.133. The van der Waals surface area contributed by atoms with Crippen LogP contribution in [0.4, 0.5) is 0 Å². The molecule has 268 valence electrons. The van der Waals surface area contributed by atoms with Gasteiger partial charge in [0, 0.05) is 38.9 Å². The molecule has 0 amide bonds. The Labute approximate surface area is 334 Å². The van der Waals surface area contributed by atoms with Crippen LogP contribution in [-0.2, 0) is 0 Å². The minimum Gasteiger partial charge on any atom is -0.253 e. The van der Waals surface area contributed by atoms with Crippen molar-refractivity contribution in [1.29, 1.82) is 0 Å². The van der Waals surface area contributed by atoms with Crippen molar-refractivity contribution in [2.75, 3.05) is 0 Å². The highest BCUT2D eigenvalue weighted by atomic mass is 14.8. The molecule has 3 nitrogen and oxygen atoms in total. The first-order chi connectivity index (χ1) is 28.8. The van der Waals surface area contributed by atoms with Crippen LogP contribution >= 0.6 is 0 Å². The van der Waals surface area contributed by atoms with Crippen LogP contribution in [-0.4, -0.2) is 15.0 Å². The molecule has 3 aromatic heterocycles. The summed E-state index contributed by atoms with van der Waals surface area (Å²) in [5.41, 5.74) is 11.6. The maximum atomic E-state index is 5.50. The summed E-state index contributed by atoms with van der Waals surface area (Å²) in [6.07, 6.45) is 1.99. The van der Waals surface area contributed by atoms with E-state index in [1.807, 2.05) is 6.20 Å². The smallest absolute Gasteiger partial charge is 0.0986 e. The molecule has 0 saturated carbocycles. The number of hydrogen-bond acceptors (Lipinski definition) is 3. The Morgan fingerprint density at radius 1 is 0.276 bits per heavy atom. The summed E-state index contributed by atoms with van der Waals surface area (Å²) in [6, 6.07) is 69.5. The highest BCUT2D eigenvalue weighted by molar-refractivity contribution is 6.22. The van der Waals surface area contributed by atoms with Gasteiger partial charge < -0.3 is 0 Å². The third-order valence-electron chi connectivity index (χ3n) is 11.9. The minimum atomic E-state index is 0.856. The fraction of sp³-hybridized carbons (Fsp3) is 0. The Kier molecular flexibility index (Phi) is 7.23. The molecule has 0 spiro atoms. The van der Waals surface area contributed by atoms with Crippen molar-refractivity contribution in [3.05, 3.63) is 200 Å². The van der Waals surface area contributed by atoms with Crippen LogP contribution in [0, 0.1) is 0 Å². The van der Waals surface area contributed by atoms with E-state index in [2.05, 4.69) is 194 Å². The molecule has 9 aromatic carbocycles. The van der Waals surface area contributed by atoms with E-state index >= 15 is 0 Å². The standard InChI is InChI=1S/C55H33N3/c1-2-13-35(14-3-1)50-42-17-7-9-19-44(42)51(45-20-10-8-18-43(45)50)36-23-25-37(26-24-36)52-46-21-11-6-16-41(46)48-33-56-55-47(54(48)58-52)30-28-38-29-31-49(57-53(38)55)40-27-22-34-12-4-5-15-39(34)32-40/h1-33H. The summed E-state index contributed by atoms with van der Waals surface area (Å²) in [5, 5.41) is 12.7. The van der Waals surface area contributed by atoms with Crippen molar-refractivity contribution in [2.24, 2.45) is 0 Å².